The van der Waals surface area contributed by atoms with E-state index in [1.54, 1.807) is 0 Å². The summed E-state index contributed by atoms with van der Waals surface area (Å²) in [4.78, 5) is 22.7. The minimum Gasteiger partial charge on any atom is -0.744 e. The second-order valence-corrected chi connectivity index (χ2v) is 11.7. The maximum absolute atomic E-state index is 12.5. The third-order valence-electron chi connectivity index (χ3n) is 7.15. The van der Waals surface area contributed by atoms with Crippen molar-refractivity contribution in [2.24, 2.45) is 5.92 Å². The number of unbranched alkanes of at least 4 members (excludes halogenated alkanes) is 1. The number of carbonyl (C=O) groups is 1. The number of rotatable bonds is 14. The van der Waals surface area contributed by atoms with Crippen LogP contribution in [0.2, 0.25) is 0 Å². The van der Waals surface area contributed by atoms with Gasteiger partial charge in [0.1, 0.15) is 36.4 Å². The van der Waals surface area contributed by atoms with Gasteiger partial charge in [-0.3, -0.25) is 14.9 Å². The fraction of sp³-hybridized carbons (Fsp3) is 0.406. The lowest BCUT2D eigenvalue weighted by Crippen LogP contribution is -3.10. The predicted octanol–water partition coefficient (Wildman–Crippen LogP) is 5.15. The third-order valence-corrected chi connectivity index (χ3v) is 7.98. The third kappa shape index (κ3) is 11.7. The van der Waals surface area contributed by atoms with Gasteiger partial charge in [-0.1, -0.05) is 81.3 Å². The molecule has 0 amide bonds. The van der Waals surface area contributed by atoms with E-state index in [0.29, 0.717) is 6.61 Å². The first-order valence-electron chi connectivity index (χ1n) is 14.3. The molecule has 1 atom stereocenters. The van der Waals surface area contributed by atoms with Crippen LogP contribution in [0.15, 0.2) is 77.7 Å². The second kappa shape index (κ2) is 17.4. The fourth-order valence-electron chi connectivity index (χ4n) is 4.50. The second-order valence-electron chi connectivity index (χ2n) is 10.3. The van der Waals surface area contributed by atoms with E-state index in [1.165, 1.54) is 27.2 Å². The van der Waals surface area contributed by atoms with Crippen molar-refractivity contribution < 1.29 is 32.3 Å². The lowest BCUT2D eigenvalue weighted by Gasteiger charge is -2.22. The average Bonchev–Trinajstić information content (AvgIpc) is 2.95. The average molecular weight is 599 g/mol. The molecule has 0 aromatic heterocycles. The van der Waals surface area contributed by atoms with Gasteiger partial charge in [0.15, 0.2) is 0 Å². The summed E-state index contributed by atoms with van der Waals surface area (Å²) < 4.78 is 37.0. The Morgan fingerprint density at radius 1 is 0.929 bits per heavy atom. The number of nitrogens with zero attached hydrogens (tertiary/aromatic N) is 1. The first kappa shape index (κ1) is 34.6. The minimum absolute atomic E-state index is 0.0212. The lowest BCUT2D eigenvalue weighted by molar-refractivity contribution is -0.927. The topological polar surface area (TPSA) is 131 Å². The van der Waals surface area contributed by atoms with Gasteiger partial charge in [0.25, 0.3) is 5.69 Å². The van der Waals surface area contributed by atoms with E-state index in [4.69, 9.17) is 4.74 Å². The van der Waals surface area contributed by atoms with Gasteiger partial charge in [-0.2, -0.15) is 0 Å². The van der Waals surface area contributed by atoms with Gasteiger partial charge in [0.05, 0.1) is 15.7 Å². The van der Waals surface area contributed by atoms with Crippen molar-refractivity contribution >= 4 is 21.8 Å². The van der Waals surface area contributed by atoms with Crippen LogP contribution in [0.4, 0.5) is 5.69 Å². The molecule has 3 rings (SSSR count). The zero-order chi connectivity index (χ0) is 31.1. The summed E-state index contributed by atoms with van der Waals surface area (Å²) >= 11 is 0. The van der Waals surface area contributed by atoms with Gasteiger partial charge < -0.3 is 14.2 Å². The Labute approximate surface area is 249 Å². The van der Waals surface area contributed by atoms with Crippen molar-refractivity contribution in [1.82, 2.24) is 0 Å². The van der Waals surface area contributed by atoms with Gasteiger partial charge >= 0.3 is 5.97 Å². The van der Waals surface area contributed by atoms with Crippen molar-refractivity contribution in [3.63, 3.8) is 0 Å². The summed E-state index contributed by atoms with van der Waals surface area (Å²) in [6.07, 6.45) is 4.01. The molecule has 0 heterocycles. The quantitative estimate of drug-likeness (QED) is 0.118. The Morgan fingerprint density at radius 2 is 1.50 bits per heavy atom. The van der Waals surface area contributed by atoms with Crippen molar-refractivity contribution in [2.45, 2.75) is 71.4 Å². The highest BCUT2D eigenvalue weighted by Crippen LogP contribution is 2.17. The number of nitro benzene ring substituents is 1. The van der Waals surface area contributed by atoms with Crippen LogP contribution in [0.3, 0.4) is 0 Å². The number of hydrogen-bond acceptors (Lipinski definition) is 7. The van der Waals surface area contributed by atoms with Gasteiger partial charge in [0, 0.05) is 23.3 Å². The molecule has 0 aliphatic rings. The highest BCUT2D eigenvalue weighted by molar-refractivity contribution is 7.85. The molecule has 0 radical (unpaired) electrons. The molecular weight excluding hydrogens is 556 g/mol. The van der Waals surface area contributed by atoms with Crippen LogP contribution >= 0.6 is 0 Å². The van der Waals surface area contributed by atoms with Crippen LogP contribution in [0.1, 0.15) is 61.8 Å². The highest BCUT2D eigenvalue weighted by atomic mass is 32.2. The van der Waals surface area contributed by atoms with Gasteiger partial charge in [-0.15, -0.1) is 0 Å². The summed E-state index contributed by atoms with van der Waals surface area (Å²) in [7, 11) is -4.61. The standard InChI is InChI=1S/C26H37NO2.C6H5NO5S/c1-5-7-14-23(6-2)26(28)29-18-17-27(19-24-15-10-8-12-21(24)3)20-25-16-11-9-13-22(25)4;8-7(9)5-2-1-3-6(4-5)13(10,11)12/h8-13,15-16,23H,5-7,14,17-20H2,1-4H3;1-4H,(H,10,11,12). The molecule has 3 aromatic carbocycles. The maximum Gasteiger partial charge on any atom is 0.309 e. The monoisotopic (exact) mass is 598 g/mol. The molecule has 0 saturated carbocycles. The van der Waals surface area contributed by atoms with Crippen LogP contribution in [0.5, 0.6) is 0 Å². The number of nitro groups is 1. The number of ether oxygens (including phenoxy) is 1. The Balaban J connectivity index is 0.000000395. The summed E-state index contributed by atoms with van der Waals surface area (Å²) in [5, 5.41) is 10.2. The first-order chi connectivity index (χ1) is 20.0. The molecule has 1 N–H and O–H groups in total. The number of quaternary nitrogens is 1. The number of aryl methyl sites for hydroxylation is 2. The number of esters is 1. The first-order valence-corrected chi connectivity index (χ1v) is 15.7. The minimum atomic E-state index is -4.61. The fourth-order valence-corrected chi connectivity index (χ4v) is 5.01. The zero-order valence-corrected chi connectivity index (χ0v) is 25.7. The molecule has 228 valence electrons. The number of carbonyl (C=O) groups excluding carboxylic acids is 1. The van der Waals surface area contributed by atoms with E-state index in [1.807, 2.05) is 0 Å². The summed E-state index contributed by atoms with van der Waals surface area (Å²) in [5.41, 5.74) is 4.93. The van der Waals surface area contributed by atoms with Crippen LogP contribution in [-0.4, -0.2) is 37.0 Å². The molecule has 0 fully saturated rings. The van der Waals surface area contributed by atoms with Gasteiger partial charge in [-0.05, 0) is 43.9 Å². The van der Waals surface area contributed by atoms with E-state index >= 15 is 0 Å². The Morgan fingerprint density at radius 3 is 1.98 bits per heavy atom. The number of hydrogen-bond donors (Lipinski definition) is 1. The number of nitrogens with one attached hydrogen (secondary N) is 1. The molecule has 1 unspecified atom stereocenters. The molecule has 0 aliphatic heterocycles. The van der Waals surface area contributed by atoms with E-state index in [0.717, 1.165) is 69.6 Å². The van der Waals surface area contributed by atoms with E-state index in [2.05, 4.69) is 76.2 Å². The van der Waals surface area contributed by atoms with Crippen molar-refractivity contribution in [3.8, 4) is 0 Å². The molecule has 10 heteroatoms. The van der Waals surface area contributed by atoms with E-state index in [-0.39, 0.29) is 11.9 Å². The van der Waals surface area contributed by atoms with E-state index in [9.17, 15) is 27.9 Å². The number of non-ortho nitro benzene ring substituents is 1. The summed E-state index contributed by atoms with van der Waals surface area (Å²) in [5.74, 6) is 0.0261. The molecule has 9 nitrogen and oxygen atoms in total. The highest BCUT2D eigenvalue weighted by Gasteiger charge is 2.19. The Bertz CT molecular complexity index is 1360. The lowest BCUT2D eigenvalue weighted by atomic mass is 10.00. The molecule has 0 aliphatic carbocycles. The van der Waals surface area contributed by atoms with Crippen molar-refractivity contribution in [1.29, 1.82) is 0 Å². The molecule has 3 aromatic rings. The Hall–Kier alpha value is -3.60. The zero-order valence-electron chi connectivity index (χ0n) is 24.9. The van der Waals surface area contributed by atoms with Crippen LogP contribution in [-0.2, 0) is 32.7 Å². The van der Waals surface area contributed by atoms with Crippen LogP contribution in [0, 0.1) is 29.9 Å². The largest absolute Gasteiger partial charge is 0.744 e. The van der Waals surface area contributed by atoms with Crippen LogP contribution in [0.25, 0.3) is 0 Å². The summed E-state index contributed by atoms with van der Waals surface area (Å²) in [6, 6.07) is 21.1. The molecule has 0 saturated heterocycles. The smallest absolute Gasteiger partial charge is 0.309 e. The normalized spacial score (nSPS) is 11.9. The molecule has 0 spiro atoms. The Kier molecular flexibility index (Phi) is 14.3. The molecule has 42 heavy (non-hydrogen) atoms. The predicted molar refractivity (Wildman–Crippen MR) is 161 cm³/mol. The van der Waals surface area contributed by atoms with Crippen molar-refractivity contribution in [2.75, 3.05) is 13.2 Å². The summed E-state index contributed by atoms with van der Waals surface area (Å²) in [6.45, 7) is 11.7. The molecule has 0 bridgehead atoms. The van der Waals surface area contributed by atoms with Gasteiger partial charge in [-0.25, -0.2) is 8.42 Å². The van der Waals surface area contributed by atoms with Crippen molar-refractivity contribution in [3.05, 3.63) is 105 Å². The number of benzene rings is 3. The van der Waals surface area contributed by atoms with Crippen LogP contribution < -0.4 is 4.90 Å². The molecular formula is C32H42N2O7S. The van der Waals surface area contributed by atoms with E-state index < -0.39 is 25.6 Å². The maximum atomic E-state index is 12.5. The van der Waals surface area contributed by atoms with Gasteiger partial charge in [0.2, 0.25) is 0 Å². The SMILES string of the molecule is CCCCC(CC)C(=O)OCC[NH+](Cc1ccccc1C)Cc1ccccc1C.O=[N+]([O-])c1cccc(S(=O)(=O)[O-])c1.